The molecule has 0 fully saturated rings. The number of hydrogen-bond donors (Lipinski definition) is 2. The lowest BCUT2D eigenvalue weighted by atomic mass is 10.3. The van der Waals surface area contributed by atoms with E-state index < -0.39 is 0 Å². The van der Waals surface area contributed by atoms with Crippen molar-refractivity contribution < 1.29 is 9.53 Å². The van der Waals surface area contributed by atoms with Crippen LogP contribution in [0.3, 0.4) is 0 Å². The normalized spacial score (nSPS) is 12.2. The van der Waals surface area contributed by atoms with E-state index in [-0.39, 0.29) is 36.0 Å². The van der Waals surface area contributed by atoms with E-state index in [1.165, 1.54) is 11.3 Å². The van der Waals surface area contributed by atoms with Crippen molar-refractivity contribution >= 4 is 47.2 Å². The average molecular weight is 520 g/mol. The molecule has 0 saturated heterocycles. The monoisotopic (exact) mass is 520 g/mol. The number of guanidine groups is 1. The van der Waals surface area contributed by atoms with Gasteiger partial charge >= 0.3 is 5.97 Å². The molecule has 1 unspecified atom stereocenters. The van der Waals surface area contributed by atoms with Crippen LogP contribution in [0.25, 0.3) is 0 Å². The highest BCUT2D eigenvalue weighted by atomic mass is 127. The lowest BCUT2D eigenvalue weighted by Gasteiger charge is -2.16. The zero-order valence-corrected chi connectivity index (χ0v) is 19.9. The SMILES string of the molecule is CCNC(=NCCCn1cccn1)NC(C)c1nc(C)c(C(=O)OCC)s1.I. The average Bonchev–Trinajstić information content (AvgIpc) is 3.28. The highest BCUT2D eigenvalue weighted by molar-refractivity contribution is 14.0. The van der Waals surface area contributed by atoms with Gasteiger partial charge in [-0.1, -0.05) is 0 Å². The topological polar surface area (TPSA) is 93.4 Å². The van der Waals surface area contributed by atoms with Crippen molar-refractivity contribution in [2.24, 2.45) is 4.99 Å². The third kappa shape index (κ3) is 7.38. The number of aromatic nitrogens is 3. The minimum atomic E-state index is -0.315. The van der Waals surface area contributed by atoms with Crippen molar-refractivity contribution in [1.82, 2.24) is 25.4 Å². The van der Waals surface area contributed by atoms with Crippen molar-refractivity contribution in [3.63, 3.8) is 0 Å². The highest BCUT2D eigenvalue weighted by Gasteiger charge is 2.20. The highest BCUT2D eigenvalue weighted by Crippen LogP contribution is 2.24. The van der Waals surface area contributed by atoms with Gasteiger partial charge in [0.15, 0.2) is 5.96 Å². The number of ether oxygens (including phenoxy) is 1. The summed E-state index contributed by atoms with van der Waals surface area (Å²) in [6, 6.07) is 1.85. The third-order valence-electron chi connectivity index (χ3n) is 3.72. The molecular formula is C18H29IN6O2S. The van der Waals surface area contributed by atoms with E-state index in [4.69, 9.17) is 4.74 Å². The van der Waals surface area contributed by atoms with Gasteiger partial charge in [0.25, 0.3) is 0 Å². The summed E-state index contributed by atoms with van der Waals surface area (Å²) in [7, 11) is 0. The molecule has 10 heteroatoms. The molecular weight excluding hydrogens is 491 g/mol. The fraction of sp³-hybridized carbons (Fsp3) is 0.556. The van der Waals surface area contributed by atoms with Crippen LogP contribution in [-0.2, 0) is 11.3 Å². The number of rotatable bonds is 9. The molecule has 156 valence electrons. The summed E-state index contributed by atoms with van der Waals surface area (Å²) in [5.41, 5.74) is 0.697. The molecule has 2 aromatic rings. The third-order valence-corrected chi connectivity index (χ3v) is 5.04. The molecule has 0 aliphatic heterocycles. The molecule has 0 amide bonds. The van der Waals surface area contributed by atoms with Gasteiger partial charge in [0.1, 0.15) is 9.88 Å². The molecule has 0 saturated carbocycles. The molecule has 0 aromatic carbocycles. The molecule has 0 radical (unpaired) electrons. The number of carbonyl (C=O) groups excluding carboxylic acids is 1. The van der Waals surface area contributed by atoms with Crippen LogP contribution in [0.4, 0.5) is 0 Å². The van der Waals surface area contributed by atoms with Crippen LogP contribution in [-0.4, -0.2) is 46.4 Å². The maximum absolute atomic E-state index is 12.0. The van der Waals surface area contributed by atoms with Crippen LogP contribution in [0, 0.1) is 6.92 Å². The summed E-state index contributed by atoms with van der Waals surface area (Å²) in [5, 5.41) is 11.6. The first-order valence-corrected chi connectivity index (χ1v) is 10.0. The lowest BCUT2D eigenvalue weighted by Crippen LogP contribution is -2.38. The minimum Gasteiger partial charge on any atom is -0.462 e. The van der Waals surface area contributed by atoms with Gasteiger partial charge in [-0.2, -0.15) is 5.10 Å². The maximum Gasteiger partial charge on any atom is 0.350 e. The fourth-order valence-corrected chi connectivity index (χ4v) is 3.39. The molecule has 8 nitrogen and oxygen atoms in total. The number of thiazole rings is 1. The Labute approximate surface area is 187 Å². The molecule has 2 aromatic heterocycles. The summed E-state index contributed by atoms with van der Waals surface area (Å²) in [6.45, 7) is 10.3. The predicted molar refractivity (Wildman–Crippen MR) is 123 cm³/mol. The lowest BCUT2D eigenvalue weighted by molar-refractivity contribution is 0.0531. The Hall–Kier alpha value is -1.69. The second-order valence-corrected chi connectivity index (χ2v) is 6.97. The summed E-state index contributed by atoms with van der Waals surface area (Å²) >= 11 is 1.36. The van der Waals surface area contributed by atoms with Gasteiger partial charge in [0.05, 0.1) is 18.3 Å². The van der Waals surface area contributed by atoms with Crippen molar-refractivity contribution in [2.45, 2.75) is 46.7 Å². The number of aryl methyl sites for hydroxylation is 2. The van der Waals surface area contributed by atoms with E-state index in [1.807, 2.05) is 37.7 Å². The molecule has 0 aliphatic rings. The van der Waals surface area contributed by atoms with Crippen LogP contribution in [0.1, 0.15) is 53.6 Å². The van der Waals surface area contributed by atoms with Crippen LogP contribution in [0.5, 0.6) is 0 Å². The van der Waals surface area contributed by atoms with Crippen LogP contribution in [0.15, 0.2) is 23.5 Å². The summed E-state index contributed by atoms with van der Waals surface area (Å²) in [5.74, 6) is 0.418. The van der Waals surface area contributed by atoms with Gasteiger partial charge in [-0.3, -0.25) is 9.67 Å². The number of nitrogens with zero attached hydrogens (tertiary/aromatic N) is 4. The smallest absolute Gasteiger partial charge is 0.350 e. The largest absolute Gasteiger partial charge is 0.462 e. The Balaban J connectivity index is 0.00000392. The van der Waals surface area contributed by atoms with E-state index in [0.717, 1.165) is 30.5 Å². The van der Waals surface area contributed by atoms with Gasteiger partial charge in [-0.15, -0.1) is 35.3 Å². The zero-order valence-electron chi connectivity index (χ0n) is 16.8. The number of hydrogen-bond acceptors (Lipinski definition) is 6. The molecule has 0 spiro atoms. The van der Waals surface area contributed by atoms with E-state index in [9.17, 15) is 4.79 Å². The van der Waals surface area contributed by atoms with Gasteiger partial charge in [-0.05, 0) is 40.2 Å². The van der Waals surface area contributed by atoms with Crippen molar-refractivity contribution in [3.05, 3.63) is 34.0 Å². The molecule has 0 aliphatic carbocycles. The first-order valence-electron chi connectivity index (χ1n) is 9.21. The maximum atomic E-state index is 12.0. The van der Waals surface area contributed by atoms with E-state index in [1.54, 1.807) is 13.1 Å². The second kappa shape index (κ2) is 12.7. The quantitative estimate of drug-likeness (QED) is 0.174. The van der Waals surface area contributed by atoms with E-state index in [2.05, 4.69) is 25.7 Å². The first-order chi connectivity index (χ1) is 13.0. The molecule has 2 rings (SSSR count). The molecule has 0 bridgehead atoms. The molecule has 2 N–H and O–H groups in total. The minimum absolute atomic E-state index is 0. The summed E-state index contributed by atoms with van der Waals surface area (Å²) in [4.78, 5) is 21.7. The van der Waals surface area contributed by atoms with Crippen LogP contribution in [0.2, 0.25) is 0 Å². The number of carbonyl (C=O) groups is 1. The number of nitrogens with one attached hydrogen (secondary N) is 2. The predicted octanol–water partition coefficient (Wildman–Crippen LogP) is 3.15. The molecule has 28 heavy (non-hydrogen) atoms. The van der Waals surface area contributed by atoms with Crippen molar-refractivity contribution in [1.29, 1.82) is 0 Å². The summed E-state index contributed by atoms with van der Waals surface area (Å²) < 4.78 is 6.98. The number of halogens is 1. The van der Waals surface area contributed by atoms with Crippen molar-refractivity contribution in [3.8, 4) is 0 Å². The number of esters is 1. The summed E-state index contributed by atoms with van der Waals surface area (Å²) in [6.07, 6.45) is 4.62. The standard InChI is InChI=1S/C18H28N6O2S.HI/c1-5-19-18(20-9-7-11-24-12-8-10-21-24)23-14(4)16-22-13(3)15(27-16)17(25)26-6-2;/h8,10,12,14H,5-7,9,11H2,1-4H3,(H2,19,20,23);1H. The second-order valence-electron chi connectivity index (χ2n) is 5.94. The van der Waals surface area contributed by atoms with Crippen LogP contribution < -0.4 is 10.6 Å². The van der Waals surface area contributed by atoms with E-state index >= 15 is 0 Å². The zero-order chi connectivity index (χ0) is 19.6. The van der Waals surface area contributed by atoms with Gasteiger partial charge in [-0.25, -0.2) is 9.78 Å². The van der Waals surface area contributed by atoms with Gasteiger partial charge in [0.2, 0.25) is 0 Å². The Morgan fingerprint density at radius 1 is 1.43 bits per heavy atom. The Morgan fingerprint density at radius 3 is 2.86 bits per heavy atom. The van der Waals surface area contributed by atoms with E-state index in [0.29, 0.717) is 23.7 Å². The molecule has 1 atom stereocenters. The Kier molecular flexibility index (Phi) is 11.0. The Morgan fingerprint density at radius 2 is 2.21 bits per heavy atom. The first kappa shape index (κ1) is 24.3. The Bertz CT molecular complexity index is 747. The fourth-order valence-electron chi connectivity index (χ4n) is 2.43. The number of aliphatic imine (C=N–C) groups is 1. The van der Waals surface area contributed by atoms with Crippen LogP contribution >= 0.6 is 35.3 Å². The molecule has 2 heterocycles. The van der Waals surface area contributed by atoms with Gasteiger partial charge < -0.3 is 15.4 Å². The van der Waals surface area contributed by atoms with Gasteiger partial charge in [0, 0.05) is 32.0 Å². The van der Waals surface area contributed by atoms with Crippen molar-refractivity contribution in [2.75, 3.05) is 19.7 Å².